The van der Waals surface area contributed by atoms with Gasteiger partial charge in [-0.2, -0.15) is 0 Å². The molecular formula is C12H20O3. The van der Waals surface area contributed by atoms with Crippen molar-refractivity contribution < 1.29 is 14.3 Å². The van der Waals surface area contributed by atoms with Crippen LogP contribution in [-0.2, 0) is 14.3 Å². The summed E-state index contributed by atoms with van der Waals surface area (Å²) in [6.07, 6.45) is 3.48. The van der Waals surface area contributed by atoms with Crippen molar-refractivity contribution in [3.8, 4) is 0 Å². The van der Waals surface area contributed by atoms with E-state index in [0.717, 1.165) is 12.8 Å². The predicted molar refractivity (Wildman–Crippen MR) is 56.4 cm³/mol. The molecule has 2 rings (SSSR count). The largest absolute Gasteiger partial charge is 0.466 e. The lowest BCUT2D eigenvalue weighted by molar-refractivity contribution is -0.144. The van der Waals surface area contributed by atoms with Crippen LogP contribution in [0, 0.1) is 11.3 Å². The molecule has 0 radical (unpaired) electrons. The van der Waals surface area contributed by atoms with Crippen LogP contribution in [0.25, 0.3) is 0 Å². The molecule has 0 unspecified atom stereocenters. The monoisotopic (exact) mass is 212 g/mol. The Kier molecular flexibility index (Phi) is 2.75. The molecule has 86 valence electrons. The molecule has 15 heavy (non-hydrogen) atoms. The van der Waals surface area contributed by atoms with Crippen molar-refractivity contribution in [2.45, 2.75) is 52.2 Å². The zero-order valence-corrected chi connectivity index (χ0v) is 9.79. The van der Waals surface area contributed by atoms with Crippen LogP contribution in [0.5, 0.6) is 0 Å². The molecule has 0 aromatic heterocycles. The minimum absolute atomic E-state index is 0.0746. The topological polar surface area (TPSA) is 38.8 Å². The van der Waals surface area contributed by atoms with Crippen molar-refractivity contribution in [3.63, 3.8) is 0 Å². The Hall–Kier alpha value is -0.570. The molecule has 0 spiro atoms. The van der Waals surface area contributed by atoms with Gasteiger partial charge in [-0.15, -0.1) is 0 Å². The second kappa shape index (κ2) is 3.78. The number of epoxide rings is 1. The van der Waals surface area contributed by atoms with E-state index in [4.69, 9.17) is 9.47 Å². The highest BCUT2D eigenvalue weighted by atomic mass is 16.6. The molecule has 0 aromatic rings. The van der Waals surface area contributed by atoms with Gasteiger partial charge in [0.25, 0.3) is 0 Å². The molecule has 0 amide bonds. The van der Waals surface area contributed by atoms with E-state index in [1.165, 1.54) is 0 Å². The third-order valence-corrected chi connectivity index (χ3v) is 3.39. The highest BCUT2D eigenvalue weighted by Crippen LogP contribution is 2.50. The minimum atomic E-state index is -0.0746. The van der Waals surface area contributed by atoms with Crippen LogP contribution >= 0.6 is 0 Å². The highest BCUT2D eigenvalue weighted by Gasteiger charge is 2.53. The van der Waals surface area contributed by atoms with Crippen molar-refractivity contribution in [3.05, 3.63) is 0 Å². The molecule has 0 bridgehead atoms. The molecule has 3 heteroatoms. The van der Waals surface area contributed by atoms with Crippen molar-refractivity contribution in [2.24, 2.45) is 11.3 Å². The summed E-state index contributed by atoms with van der Waals surface area (Å²) in [6.45, 7) is 6.83. The van der Waals surface area contributed by atoms with Gasteiger partial charge in [0.1, 0.15) is 0 Å². The third kappa shape index (κ3) is 2.51. The van der Waals surface area contributed by atoms with E-state index < -0.39 is 0 Å². The summed E-state index contributed by atoms with van der Waals surface area (Å²) in [4.78, 5) is 11.4. The van der Waals surface area contributed by atoms with Crippen molar-refractivity contribution in [2.75, 3.05) is 6.61 Å². The van der Waals surface area contributed by atoms with Crippen LogP contribution in [0.15, 0.2) is 0 Å². The molecule has 1 saturated heterocycles. The van der Waals surface area contributed by atoms with Crippen LogP contribution in [0.1, 0.15) is 40.0 Å². The van der Waals surface area contributed by atoms with E-state index in [0.29, 0.717) is 36.6 Å². The molecular weight excluding hydrogens is 192 g/mol. The second-order valence-electron chi connectivity index (χ2n) is 5.48. The molecule has 0 N–H and O–H groups in total. The average molecular weight is 212 g/mol. The molecule has 1 aliphatic heterocycles. The standard InChI is InChI=1S/C12H20O3/c1-4-14-10(13)5-8-6-12(2,3)7-9-11(8)15-9/h8-9,11H,4-7H2,1-3H3/t8-,9-,11+/m1/s1. The normalized spacial score (nSPS) is 36.9. The molecule has 1 saturated carbocycles. The van der Waals surface area contributed by atoms with Gasteiger partial charge in [-0.1, -0.05) is 13.8 Å². The number of ether oxygens (including phenoxy) is 2. The molecule has 3 atom stereocenters. The number of hydrogen-bond donors (Lipinski definition) is 0. The molecule has 2 aliphatic rings. The van der Waals surface area contributed by atoms with Gasteiger partial charge in [0.05, 0.1) is 25.2 Å². The SMILES string of the molecule is CCOC(=O)C[C@@H]1CC(C)(C)C[C@H]2O[C@@H]12. The minimum Gasteiger partial charge on any atom is -0.466 e. The summed E-state index contributed by atoms with van der Waals surface area (Å²) in [7, 11) is 0. The van der Waals surface area contributed by atoms with Gasteiger partial charge in [0, 0.05) is 0 Å². The van der Waals surface area contributed by atoms with Crippen molar-refractivity contribution in [1.82, 2.24) is 0 Å². The van der Waals surface area contributed by atoms with Crippen molar-refractivity contribution >= 4 is 5.97 Å². The Morgan fingerprint density at radius 1 is 1.47 bits per heavy atom. The summed E-state index contributed by atoms with van der Waals surface area (Å²) in [6, 6.07) is 0. The van der Waals surface area contributed by atoms with E-state index >= 15 is 0 Å². The maximum absolute atomic E-state index is 11.4. The van der Waals surface area contributed by atoms with E-state index in [9.17, 15) is 4.79 Å². The number of fused-ring (bicyclic) bond motifs is 1. The fourth-order valence-electron chi connectivity index (χ4n) is 2.81. The van der Waals surface area contributed by atoms with Crippen LogP contribution < -0.4 is 0 Å². The van der Waals surface area contributed by atoms with Gasteiger partial charge >= 0.3 is 5.97 Å². The maximum atomic E-state index is 11.4. The summed E-state index contributed by atoms with van der Waals surface area (Å²) in [5, 5.41) is 0. The molecule has 1 heterocycles. The summed E-state index contributed by atoms with van der Waals surface area (Å²) >= 11 is 0. The first-order valence-electron chi connectivity index (χ1n) is 5.83. The number of hydrogen-bond acceptors (Lipinski definition) is 3. The molecule has 0 aromatic carbocycles. The second-order valence-corrected chi connectivity index (χ2v) is 5.48. The number of carbonyl (C=O) groups excluding carboxylic acids is 1. The Bertz CT molecular complexity index is 260. The Morgan fingerprint density at radius 3 is 2.87 bits per heavy atom. The number of rotatable bonds is 3. The third-order valence-electron chi connectivity index (χ3n) is 3.39. The molecule has 2 fully saturated rings. The van der Waals surface area contributed by atoms with Crippen LogP contribution in [0.3, 0.4) is 0 Å². The van der Waals surface area contributed by atoms with Crippen molar-refractivity contribution in [1.29, 1.82) is 0 Å². The van der Waals surface area contributed by atoms with E-state index in [2.05, 4.69) is 13.8 Å². The average Bonchev–Trinajstić information content (AvgIpc) is 2.81. The maximum Gasteiger partial charge on any atom is 0.306 e. The number of esters is 1. The van der Waals surface area contributed by atoms with Crippen LogP contribution in [0.4, 0.5) is 0 Å². The van der Waals surface area contributed by atoms with Crippen LogP contribution in [0.2, 0.25) is 0 Å². The first kappa shape index (κ1) is 10.9. The molecule has 3 nitrogen and oxygen atoms in total. The van der Waals surface area contributed by atoms with Gasteiger partial charge in [0.15, 0.2) is 0 Å². The van der Waals surface area contributed by atoms with Crippen LogP contribution in [-0.4, -0.2) is 24.8 Å². The lowest BCUT2D eigenvalue weighted by atomic mass is 9.71. The highest BCUT2D eigenvalue weighted by molar-refractivity contribution is 5.69. The fourth-order valence-corrected chi connectivity index (χ4v) is 2.81. The fraction of sp³-hybridized carbons (Fsp3) is 0.917. The summed E-state index contributed by atoms with van der Waals surface area (Å²) in [5.74, 6) is 0.298. The van der Waals surface area contributed by atoms with Gasteiger partial charge in [0.2, 0.25) is 0 Å². The Morgan fingerprint density at radius 2 is 2.20 bits per heavy atom. The lowest BCUT2D eigenvalue weighted by Crippen LogP contribution is -2.30. The first-order valence-corrected chi connectivity index (χ1v) is 5.83. The quantitative estimate of drug-likeness (QED) is 0.531. The van der Waals surface area contributed by atoms with Gasteiger partial charge in [-0.3, -0.25) is 4.79 Å². The van der Waals surface area contributed by atoms with E-state index in [1.807, 2.05) is 6.92 Å². The van der Waals surface area contributed by atoms with E-state index in [-0.39, 0.29) is 5.97 Å². The van der Waals surface area contributed by atoms with Gasteiger partial charge < -0.3 is 9.47 Å². The Labute approximate surface area is 91.1 Å². The predicted octanol–water partition coefficient (Wildman–Crippen LogP) is 2.14. The molecule has 1 aliphatic carbocycles. The first-order chi connectivity index (χ1) is 7.02. The van der Waals surface area contributed by atoms with Gasteiger partial charge in [-0.25, -0.2) is 0 Å². The smallest absolute Gasteiger partial charge is 0.306 e. The van der Waals surface area contributed by atoms with E-state index in [1.54, 1.807) is 0 Å². The summed E-state index contributed by atoms with van der Waals surface area (Å²) in [5.41, 5.74) is 0.314. The summed E-state index contributed by atoms with van der Waals surface area (Å²) < 4.78 is 10.6. The number of carbonyl (C=O) groups is 1. The zero-order chi connectivity index (χ0) is 11.1. The zero-order valence-electron chi connectivity index (χ0n) is 9.79. The lowest BCUT2D eigenvalue weighted by Gasteiger charge is -2.31. The van der Waals surface area contributed by atoms with Gasteiger partial charge in [-0.05, 0) is 31.1 Å². The Balaban J connectivity index is 1.89.